The summed E-state index contributed by atoms with van der Waals surface area (Å²) >= 11 is 0. The predicted molar refractivity (Wildman–Crippen MR) is 75.6 cm³/mol. The molecule has 0 amide bonds. The van der Waals surface area contributed by atoms with Crippen LogP contribution < -0.4 is 4.74 Å². The Bertz CT molecular complexity index is 728. The molecule has 2 heterocycles. The second-order valence-electron chi connectivity index (χ2n) is 5.03. The average Bonchev–Trinajstić information content (AvgIpc) is 2.96. The maximum absolute atomic E-state index is 5.71. The van der Waals surface area contributed by atoms with Crippen LogP contribution in [-0.4, -0.2) is 30.9 Å². The largest absolute Gasteiger partial charge is 0.491 e. The van der Waals surface area contributed by atoms with Crippen molar-refractivity contribution in [1.29, 1.82) is 0 Å². The van der Waals surface area contributed by atoms with Crippen molar-refractivity contribution in [3.8, 4) is 5.75 Å². The van der Waals surface area contributed by atoms with Gasteiger partial charge >= 0.3 is 0 Å². The molecule has 3 rings (SSSR count). The normalized spacial score (nSPS) is 11.4. The molecule has 1 aromatic carbocycles. The zero-order chi connectivity index (χ0) is 14.1. The Hall–Kier alpha value is -2.37. The first kappa shape index (κ1) is 12.7. The molecule has 0 fully saturated rings. The van der Waals surface area contributed by atoms with Gasteiger partial charge in [-0.1, -0.05) is 0 Å². The molecule has 3 aromatic rings. The van der Waals surface area contributed by atoms with E-state index in [0.29, 0.717) is 12.4 Å². The van der Waals surface area contributed by atoms with Gasteiger partial charge in [0.25, 0.3) is 0 Å². The summed E-state index contributed by atoms with van der Waals surface area (Å²) in [5, 5.41) is 13.2. The molecule has 0 unspecified atom stereocenters. The number of rotatable bonds is 4. The van der Waals surface area contributed by atoms with Crippen LogP contribution in [0.25, 0.3) is 10.9 Å². The van der Waals surface area contributed by atoms with Gasteiger partial charge in [0.15, 0.2) is 5.82 Å². The Morgan fingerprint density at radius 3 is 2.80 bits per heavy atom. The molecule has 0 radical (unpaired) electrons. The molecule has 6 heteroatoms. The summed E-state index contributed by atoms with van der Waals surface area (Å²) in [5.41, 5.74) is 1.13. The van der Waals surface area contributed by atoms with Crippen molar-refractivity contribution in [2.24, 2.45) is 7.05 Å². The number of benzene rings is 1. The van der Waals surface area contributed by atoms with Gasteiger partial charge in [-0.05, 0) is 43.3 Å². The van der Waals surface area contributed by atoms with E-state index in [4.69, 9.17) is 4.74 Å². The number of tetrazole rings is 1. The summed E-state index contributed by atoms with van der Waals surface area (Å²) in [6, 6.07) is 8.17. The predicted octanol–water partition coefficient (Wildman–Crippen LogP) is 2.00. The average molecular weight is 271 g/mol. The van der Waals surface area contributed by atoms with E-state index in [1.165, 1.54) is 4.80 Å². The van der Waals surface area contributed by atoms with E-state index in [9.17, 15) is 0 Å². The molecular weight excluding hydrogens is 254 g/mol. The van der Waals surface area contributed by atoms with Gasteiger partial charge in [0.2, 0.25) is 0 Å². The lowest BCUT2D eigenvalue weighted by molar-refractivity contribution is 0.243. The fraction of sp³-hybridized carbons (Fsp3) is 0.357. The van der Waals surface area contributed by atoms with E-state index < -0.39 is 0 Å². The van der Waals surface area contributed by atoms with E-state index in [2.05, 4.69) is 38.2 Å². The van der Waals surface area contributed by atoms with Crippen LogP contribution >= 0.6 is 0 Å². The molecule has 6 nitrogen and oxygen atoms in total. The zero-order valence-corrected chi connectivity index (χ0v) is 11.8. The molecule has 0 aliphatic heterocycles. The Morgan fingerprint density at radius 2 is 2.10 bits per heavy atom. The summed E-state index contributed by atoms with van der Waals surface area (Å²) < 4.78 is 7.81. The molecule has 0 N–H and O–H groups in total. The van der Waals surface area contributed by atoms with Gasteiger partial charge in [-0.15, -0.1) is 10.2 Å². The molecule has 0 aliphatic rings. The first-order chi connectivity index (χ1) is 9.61. The summed E-state index contributed by atoms with van der Waals surface area (Å²) in [7, 11) is 1.76. The minimum atomic E-state index is 0.179. The van der Waals surface area contributed by atoms with Crippen molar-refractivity contribution >= 4 is 10.9 Å². The molecule has 20 heavy (non-hydrogen) atoms. The number of fused-ring (bicyclic) bond motifs is 1. The Kier molecular flexibility index (Phi) is 3.14. The number of ether oxygens (including phenoxy) is 1. The lowest BCUT2D eigenvalue weighted by Gasteiger charge is -2.09. The number of aryl methyl sites for hydroxylation is 1. The van der Waals surface area contributed by atoms with E-state index in [-0.39, 0.29) is 6.10 Å². The zero-order valence-electron chi connectivity index (χ0n) is 11.8. The maximum atomic E-state index is 5.71. The van der Waals surface area contributed by atoms with Crippen molar-refractivity contribution in [3.63, 3.8) is 0 Å². The fourth-order valence-electron chi connectivity index (χ4n) is 2.20. The molecule has 0 bridgehead atoms. The highest BCUT2D eigenvalue weighted by Gasteiger charge is 2.07. The van der Waals surface area contributed by atoms with Crippen LogP contribution in [0.2, 0.25) is 0 Å². The Labute approximate surface area is 117 Å². The number of hydrogen-bond donors (Lipinski definition) is 0. The van der Waals surface area contributed by atoms with E-state index in [0.717, 1.165) is 16.7 Å². The van der Waals surface area contributed by atoms with Crippen molar-refractivity contribution in [2.75, 3.05) is 0 Å². The second-order valence-corrected chi connectivity index (χ2v) is 5.03. The Morgan fingerprint density at radius 1 is 1.25 bits per heavy atom. The molecular formula is C14H17N5O. The quantitative estimate of drug-likeness (QED) is 0.728. The van der Waals surface area contributed by atoms with Crippen LogP contribution in [-0.2, 0) is 13.6 Å². The third kappa shape index (κ3) is 2.49. The number of hydrogen-bond acceptors (Lipinski definition) is 4. The highest BCUT2D eigenvalue weighted by atomic mass is 16.5. The van der Waals surface area contributed by atoms with Gasteiger partial charge < -0.3 is 9.30 Å². The van der Waals surface area contributed by atoms with Crippen LogP contribution in [0.3, 0.4) is 0 Å². The summed E-state index contributed by atoms with van der Waals surface area (Å²) in [4.78, 5) is 1.47. The SMILES string of the molecule is CC(C)Oc1ccc2c(ccn2Cc2nnn(C)n2)c1. The van der Waals surface area contributed by atoms with E-state index >= 15 is 0 Å². The first-order valence-electron chi connectivity index (χ1n) is 6.60. The van der Waals surface area contributed by atoms with Crippen LogP contribution in [0.1, 0.15) is 19.7 Å². The smallest absolute Gasteiger partial charge is 0.194 e. The van der Waals surface area contributed by atoms with Crippen LogP contribution in [0, 0.1) is 0 Å². The lowest BCUT2D eigenvalue weighted by atomic mass is 10.2. The van der Waals surface area contributed by atoms with Gasteiger partial charge in [-0.3, -0.25) is 0 Å². The standard InChI is InChI=1S/C14H17N5O/c1-10(2)20-12-4-5-13-11(8-12)6-7-19(13)9-14-15-17-18(3)16-14/h4-8,10H,9H2,1-3H3. The monoisotopic (exact) mass is 271 g/mol. The molecule has 0 saturated carbocycles. The van der Waals surface area contributed by atoms with Crippen molar-refractivity contribution < 1.29 is 4.74 Å². The summed E-state index contributed by atoms with van der Waals surface area (Å²) in [6.07, 6.45) is 2.21. The highest BCUT2D eigenvalue weighted by Crippen LogP contribution is 2.23. The van der Waals surface area contributed by atoms with Crippen LogP contribution in [0.15, 0.2) is 30.5 Å². The Balaban J connectivity index is 1.89. The van der Waals surface area contributed by atoms with Gasteiger partial charge in [-0.2, -0.15) is 4.80 Å². The van der Waals surface area contributed by atoms with Gasteiger partial charge in [-0.25, -0.2) is 0 Å². The topological polar surface area (TPSA) is 57.8 Å². The highest BCUT2D eigenvalue weighted by molar-refractivity contribution is 5.81. The molecule has 104 valence electrons. The van der Waals surface area contributed by atoms with Gasteiger partial charge in [0, 0.05) is 17.1 Å². The lowest BCUT2D eigenvalue weighted by Crippen LogP contribution is -2.05. The minimum Gasteiger partial charge on any atom is -0.491 e. The molecule has 0 saturated heterocycles. The third-order valence-electron chi connectivity index (χ3n) is 2.98. The minimum absolute atomic E-state index is 0.179. The molecule has 0 aliphatic carbocycles. The van der Waals surface area contributed by atoms with Crippen molar-refractivity contribution in [2.45, 2.75) is 26.5 Å². The van der Waals surface area contributed by atoms with Crippen molar-refractivity contribution in [1.82, 2.24) is 24.8 Å². The second kappa shape index (κ2) is 4.96. The van der Waals surface area contributed by atoms with Crippen LogP contribution in [0.4, 0.5) is 0 Å². The van der Waals surface area contributed by atoms with Gasteiger partial charge in [0.1, 0.15) is 5.75 Å². The van der Waals surface area contributed by atoms with E-state index in [1.54, 1.807) is 7.05 Å². The van der Waals surface area contributed by atoms with E-state index in [1.807, 2.05) is 26.1 Å². The van der Waals surface area contributed by atoms with Gasteiger partial charge in [0.05, 0.1) is 19.7 Å². The molecule has 0 atom stereocenters. The number of aromatic nitrogens is 5. The number of nitrogens with zero attached hydrogens (tertiary/aromatic N) is 5. The summed E-state index contributed by atoms with van der Waals surface area (Å²) in [5.74, 6) is 1.59. The molecule has 0 spiro atoms. The fourth-order valence-corrected chi connectivity index (χ4v) is 2.20. The molecule has 2 aromatic heterocycles. The van der Waals surface area contributed by atoms with Crippen molar-refractivity contribution in [3.05, 3.63) is 36.3 Å². The maximum Gasteiger partial charge on any atom is 0.194 e. The third-order valence-corrected chi connectivity index (χ3v) is 2.98. The summed E-state index contributed by atoms with van der Waals surface area (Å²) in [6.45, 7) is 4.66. The van der Waals surface area contributed by atoms with Crippen LogP contribution in [0.5, 0.6) is 5.75 Å². The first-order valence-corrected chi connectivity index (χ1v) is 6.60.